The van der Waals surface area contributed by atoms with Gasteiger partial charge in [0.2, 0.25) is 10.0 Å². The van der Waals surface area contributed by atoms with Crippen LogP contribution >= 0.6 is 0 Å². The molecule has 20 heavy (non-hydrogen) atoms. The number of carboxylic acids is 1. The van der Waals surface area contributed by atoms with Gasteiger partial charge in [0, 0.05) is 6.20 Å². The van der Waals surface area contributed by atoms with Crippen LogP contribution in [0.4, 0.5) is 5.69 Å². The van der Waals surface area contributed by atoms with Gasteiger partial charge in [-0.3, -0.25) is 19.0 Å². The van der Waals surface area contributed by atoms with Crippen LogP contribution in [0.2, 0.25) is 0 Å². The van der Waals surface area contributed by atoms with Gasteiger partial charge in [-0.05, 0) is 6.92 Å². The van der Waals surface area contributed by atoms with Crippen LogP contribution in [0.25, 0.3) is 0 Å². The van der Waals surface area contributed by atoms with Crippen LogP contribution in [0.5, 0.6) is 0 Å². The van der Waals surface area contributed by atoms with E-state index in [9.17, 15) is 18.0 Å². The number of nitrogens with zero attached hydrogens (tertiary/aromatic N) is 2. The molecule has 0 atom stereocenters. The van der Waals surface area contributed by atoms with E-state index in [1.165, 1.54) is 12.4 Å². The fourth-order valence-corrected chi connectivity index (χ4v) is 2.32. The fraction of sp³-hybridized carbons (Fsp3) is 0.500. The van der Waals surface area contributed by atoms with E-state index in [0.29, 0.717) is 0 Å². The van der Waals surface area contributed by atoms with Gasteiger partial charge in [0.05, 0.1) is 30.7 Å². The topological polar surface area (TPSA) is 128 Å². The molecule has 10 heteroatoms. The van der Waals surface area contributed by atoms with Crippen LogP contribution in [0.15, 0.2) is 12.4 Å². The number of sulfonamides is 1. The molecular formula is C10H15N3O6S. The molecule has 0 unspecified atom stereocenters. The number of ether oxygens (including phenoxy) is 1. The number of carboxylic acid groups (broad SMARTS) is 1. The Hall–Kier alpha value is -2.10. The van der Waals surface area contributed by atoms with Gasteiger partial charge < -0.3 is 9.84 Å². The smallest absolute Gasteiger partial charge is 0.325 e. The van der Waals surface area contributed by atoms with Gasteiger partial charge in [-0.25, -0.2) is 8.42 Å². The zero-order valence-electron chi connectivity index (χ0n) is 10.8. The fourth-order valence-electron chi connectivity index (χ4n) is 1.32. The Balaban J connectivity index is 2.55. The molecule has 0 aliphatic carbocycles. The molecule has 0 aromatic carbocycles. The third-order valence-electron chi connectivity index (χ3n) is 2.08. The molecule has 1 aromatic rings. The van der Waals surface area contributed by atoms with Gasteiger partial charge in [-0.2, -0.15) is 5.10 Å². The molecule has 0 saturated carbocycles. The highest BCUT2D eigenvalue weighted by Crippen LogP contribution is 2.08. The predicted molar refractivity (Wildman–Crippen MR) is 68.5 cm³/mol. The van der Waals surface area contributed by atoms with Crippen LogP contribution in [0.3, 0.4) is 0 Å². The van der Waals surface area contributed by atoms with Gasteiger partial charge in [0.25, 0.3) is 0 Å². The molecule has 1 rings (SSSR count). The number of nitrogens with one attached hydrogen (secondary N) is 1. The van der Waals surface area contributed by atoms with Crippen molar-refractivity contribution >= 4 is 27.6 Å². The second-order valence-electron chi connectivity index (χ2n) is 3.80. The summed E-state index contributed by atoms with van der Waals surface area (Å²) in [5.41, 5.74) is 0.134. The van der Waals surface area contributed by atoms with Gasteiger partial charge in [0.1, 0.15) is 6.54 Å². The highest BCUT2D eigenvalue weighted by molar-refractivity contribution is 7.92. The quantitative estimate of drug-likeness (QED) is 0.629. The molecule has 0 bridgehead atoms. The zero-order chi connectivity index (χ0) is 15.2. The van der Waals surface area contributed by atoms with Gasteiger partial charge in [0.15, 0.2) is 0 Å². The van der Waals surface area contributed by atoms with Crippen molar-refractivity contribution in [3.8, 4) is 0 Å². The number of rotatable bonds is 8. The minimum Gasteiger partial charge on any atom is -0.480 e. The summed E-state index contributed by atoms with van der Waals surface area (Å²) in [4.78, 5) is 21.5. The van der Waals surface area contributed by atoms with Gasteiger partial charge in [-0.1, -0.05) is 0 Å². The van der Waals surface area contributed by atoms with Crippen LogP contribution < -0.4 is 4.72 Å². The molecule has 0 fully saturated rings. The highest BCUT2D eigenvalue weighted by atomic mass is 32.2. The maximum Gasteiger partial charge on any atom is 0.325 e. The predicted octanol–water partition coefficient (Wildman–Crippen LogP) is -0.337. The van der Waals surface area contributed by atoms with Crippen molar-refractivity contribution in [2.45, 2.75) is 19.9 Å². The monoisotopic (exact) mass is 305 g/mol. The SMILES string of the molecule is CCOC(=O)CCS(=O)(=O)Nc1cnn(CC(=O)O)c1. The van der Waals surface area contributed by atoms with E-state index in [2.05, 4.69) is 14.6 Å². The van der Waals surface area contributed by atoms with Crippen molar-refractivity contribution in [1.29, 1.82) is 0 Å². The number of hydrogen-bond donors (Lipinski definition) is 2. The van der Waals surface area contributed by atoms with E-state index in [1.54, 1.807) is 6.92 Å². The van der Waals surface area contributed by atoms with E-state index >= 15 is 0 Å². The number of aromatic nitrogens is 2. The van der Waals surface area contributed by atoms with Crippen molar-refractivity contribution in [2.24, 2.45) is 0 Å². The highest BCUT2D eigenvalue weighted by Gasteiger charge is 2.15. The Labute approximate surface area is 115 Å². The molecular weight excluding hydrogens is 290 g/mol. The number of carbonyl (C=O) groups excluding carboxylic acids is 1. The lowest BCUT2D eigenvalue weighted by Gasteiger charge is -2.05. The number of hydrogen-bond acceptors (Lipinski definition) is 6. The minimum atomic E-state index is -3.71. The summed E-state index contributed by atoms with van der Waals surface area (Å²) in [6.45, 7) is 1.44. The summed E-state index contributed by atoms with van der Waals surface area (Å²) in [5.74, 6) is -2.11. The van der Waals surface area contributed by atoms with Crippen molar-refractivity contribution in [1.82, 2.24) is 9.78 Å². The number of anilines is 1. The second kappa shape index (κ2) is 6.89. The lowest BCUT2D eigenvalue weighted by atomic mass is 10.5. The first kappa shape index (κ1) is 16.0. The second-order valence-corrected chi connectivity index (χ2v) is 5.64. The van der Waals surface area contributed by atoms with Gasteiger partial charge >= 0.3 is 11.9 Å². The summed E-state index contributed by atoms with van der Waals surface area (Å²) >= 11 is 0. The summed E-state index contributed by atoms with van der Waals surface area (Å²) in [5, 5.41) is 12.2. The Bertz CT molecular complexity index is 580. The van der Waals surface area contributed by atoms with E-state index < -0.39 is 27.7 Å². The maximum absolute atomic E-state index is 11.7. The standard InChI is InChI=1S/C10H15N3O6S/c1-2-19-10(16)3-4-20(17,18)12-8-5-11-13(6-8)7-9(14)15/h5-6,12H,2-4,7H2,1H3,(H,14,15). The van der Waals surface area contributed by atoms with E-state index in [0.717, 1.165) is 4.68 Å². The molecule has 0 spiro atoms. The van der Waals surface area contributed by atoms with Crippen molar-refractivity contribution in [3.63, 3.8) is 0 Å². The zero-order valence-corrected chi connectivity index (χ0v) is 11.6. The molecule has 1 heterocycles. The van der Waals surface area contributed by atoms with Crippen molar-refractivity contribution in [2.75, 3.05) is 17.1 Å². The number of carbonyl (C=O) groups is 2. The number of esters is 1. The lowest BCUT2D eigenvalue weighted by Crippen LogP contribution is -2.19. The van der Waals surface area contributed by atoms with E-state index in [4.69, 9.17) is 5.11 Å². The Morgan fingerprint density at radius 2 is 2.20 bits per heavy atom. The third-order valence-corrected chi connectivity index (χ3v) is 3.37. The Morgan fingerprint density at radius 1 is 1.50 bits per heavy atom. The molecule has 1 aromatic heterocycles. The van der Waals surface area contributed by atoms with E-state index in [1.807, 2.05) is 0 Å². The maximum atomic E-state index is 11.7. The van der Waals surface area contributed by atoms with Gasteiger partial charge in [-0.15, -0.1) is 0 Å². The normalized spacial score (nSPS) is 11.1. The molecule has 0 saturated heterocycles. The van der Waals surface area contributed by atoms with Crippen molar-refractivity contribution < 1.29 is 27.9 Å². The average molecular weight is 305 g/mol. The van der Waals surface area contributed by atoms with Crippen LogP contribution in [0, 0.1) is 0 Å². The average Bonchev–Trinajstić information content (AvgIpc) is 2.73. The molecule has 112 valence electrons. The Kier molecular flexibility index (Phi) is 5.50. The molecule has 0 aliphatic heterocycles. The summed E-state index contributed by atoms with van der Waals surface area (Å²) in [6.07, 6.45) is 2.17. The van der Waals surface area contributed by atoms with Crippen LogP contribution in [0.1, 0.15) is 13.3 Å². The molecule has 0 amide bonds. The first-order chi connectivity index (χ1) is 9.32. The molecule has 2 N–H and O–H groups in total. The first-order valence-corrected chi connectivity index (χ1v) is 7.38. The molecule has 9 nitrogen and oxygen atoms in total. The molecule has 0 radical (unpaired) electrons. The number of aliphatic carboxylic acids is 1. The van der Waals surface area contributed by atoms with Crippen molar-refractivity contribution in [3.05, 3.63) is 12.4 Å². The van der Waals surface area contributed by atoms with Crippen LogP contribution in [-0.2, 0) is 30.9 Å². The largest absolute Gasteiger partial charge is 0.480 e. The minimum absolute atomic E-state index is 0.134. The summed E-state index contributed by atoms with van der Waals surface area (Å²) in [7, 11) is -3.71. The van der Waals surface area contributed by atoms with Crippen LogP contribution in [-0.4, -0.2) is 47.6 Å². The third kappa shape index (κ3) is 5.69. The Morgan fingerprint density at radius 3 is 2.80 bits per heavy atom. The lowest BCUT2D eigenvalue weighted by molar-refractivity contribution is -0.142. The first-order valence-electron chi connectivity index (χ1n) is 5.72. The summed E-state index contributed by atoms with van der Waals surface area (Å²) in [6, 6.07) is 0. The molecule has 0 aliphatic rings. The van der Waals surface area contributed by atoms with E-state index in [-0.39, 0.29) is 25.3 Å². The summed E-state index contributed by atoms with van der Waals surface area (Å²) < 4.78 is 31.2.